The molecule has 0 fully saturated rings. The van der Waals surface area contributed by atoms with E-state index in [9.17, 15) is 9.59 Å². The number of ether oxygens (including phenoxy) is 4. The Morgan fingerprint density at radius 2 is 1.81 bits per heavy atom. The molecule has 36 heavy (non-hydrogen) atoms. The summed E-state index contributed by atoms with van der Waals surface area (Å²) in [5, 5.41) is 0. The normalized spacial score (nSPS) is 15.3. The van der Waals surface area contributed by atoms with Crippen molar-refractivity contribution in [2.24, 2.45) is 4.99 Å². The molecule has 0 bridgehead atoms. The van der Waals surface area contributed by atoms with Gasteiger partial charge in [-0.2, -0.15) is 0 Å². The van der Waals surface area contributed by atoms with Crippen molar-refractivity contribution in [3.8, 4) is 17.2 Å². The Morgan fingerprint density at radius 1 is 1.11 bits per heavy atom. The van der Waals surface area contributed by atoms with Crippen LogP contribution in [0.15, 0.2) is 61.9 Å². The number of fused-ring (bicyclic) bond motifs is 1. The maximum atomic E-state index is 13.8. The molecule has 1 aromatic heterocycles. The van der Waals surface area contributed by atoms with E-state index in [0.29, 0.717) is 43.4 Å². The Kier molecular flexibility index (Phi) is 7.65. The quantitative estimate of drug-likeness (QED) is 0.402. The number of benzene rings is 2. The summed E-state index contributed by atoms with van der Waals surface area (Å²) in [7, 11) is 4.71. The molecule has 8 nitrogen and oxygen atoms in total. The van der Waals surface area contributed by atoms with Crippen LogP contribution in [0.4, 0.5) is 0 Å². The van der Waals surface area contributed by atoms with Crippen LogP contribution >= 0.6 is 27.3 Å². The highest BCUT2D eigenvalue weighted by Gasteiger charge is 2.33. The fourth-order valence-corrected chi connectivity index (χ4v) is 5.59. The van der Waals surface area contributed by atoms with Crippen LogP contribution in [0.5, 0.6) is 17.2 Å². The van der Waals surface area contributed by atoms with E-state index in [2.05, 4.69) is 20.9 Å². The summed E-state index contributed by atoms with van der Waals surface area (Å²) < 4.78 is 24.2. The van der Waals surface area contributed by atoms with Crippen molar-refractivity contribution in [3.63, 3.8) is 0 Å². The maximum Gasteiger partial charge on any atom is 0.338 e. The van der Waals surface area contributed by atoms with Crippen molar-refractivity contribution >= 4 is 39.3 Å². The Labute approximate surface area is 220 Å². The summed E-state index contributed by atoms with van der Waals surface area (Å²) in [6, 6.07) is 10.1. The fraction of sp³-hybridized carbons (Fsp3) is 0.269. The molecule has 4 rings (SSSR count). The molecule has 3 aromatic rings. The summed E-state index contributed by atoms with van der Waals surface area (Å²) in [6.07, 6.45) is 1.75. The van der Waals surface area contributed by atoms with Gasteiger partial charge in [0.2, 0.25) is 0 Å². The smallest absolute Gasteiger partial charge is 0.338 e. The molecular formula is C26H25BrN2O6S. The molecule has 1 aliphatic rings. The van der Waals surface area contributed by atoms with Gasteiger partial charge in [-0.15, -0.1) is 0 Å². The zero-order chi connectivity index (χ0) is 26.0. The van der Waals surface area contributed by atoms with E-state index in [0.717, 1.165) is 10.0 Å². The number of esters is 1. The lowest BCUT2D eigenvalue weighted by Gasteiger charge is -2.24. The summed E-state index contributed by atoms with van der Waals surface area (Å²) in [5.41, 5.74) is 1.99. The monoisotopic (exact) mass is 572 g/mol. The van der Waals surface area contributed by atoms with Gasteiger partial charge in [-0.3, -0.25) is 9.36 Å². The second-order valence-electron chi connectivity index (χ2n) is 7.80. The van der Waals surface area contributed by atoms with E-state index in [1.54, 1.807) is 64.0 Å². The van der Waals surface area contributed by atoms with E-state index >= 15 is 0 Å². The van der Waals surface area contributed by atoms with Crippen LogP contribution in [0, 0.1) is 0 Å². The summed E-state index contributed by atoms with van der Waals surface area (Å²) in [6.45, 7) is 3.71. The highest BCUT2D eigenvalue weighted by atomic mass is 79.9. The first-order valence-electron chi connectivity index (χ1n) is 11.1. The number of thiazole rings is 1. The molecule has 1 aliphatic heterocycles. The number of methoxy groups -OCH3 is 3. The highest BCUT2D eigenvalue weighted by Crippen LogP contribution is 2.34. The average molecular weight is 573 g/mol. The second kappa shape index (κ2) is 10.7. The molecule has 0 N–H and O–H groups in total. The largest absolute Gasteiger partial charge is 0.497 e. The van der Waals surface area contributed by atoms with Gasteiger partial charge in [0.05, 0.1) is 54.3 Å². The molecule has 0 spiro atoms. The molecule has 10 heteroatoms. The van der Waals surface area contributed by atoms with Gasteiger partial charge < -0.3 is 18.9 Å². The number of nitrogens with zero attached hydrogens (tertiary/aromatic N) is 2. The first-order valence-corrected chi connectivity index (χ1v) is 12.7. The molecular weight excluding hydrogens is 548 g/mol. The lowest BCUT2D eigenvalue weighted by atomic mass is 9.96. The van der Waals surface area contributed by atoms with Gasteiger partial charge in [0, 0.05) is 11.6 Å². The number of hydrogen-bond donors (Lipinski definition) is 0. The van der Waals surface area contributed by atoms with Crippen molar-refractivity contribution in [3.05, 3.63) is 83.0 Å². The standard InChI is InChI=1S/C26H25BrN2O6S/c1-6-35-25(31)22-14(2)28-26-29(23(22)15-7-9-17(32-3)10-8-15)24(30)21(36-26)12-16-11-18(27)20(34-5)13-19(16)33-4/h7-13,23H,6H2,1-5H3/b21-12-. The zero-order valence-corrected chi connectivity index (χ0v) is 22.9. The van der Waals surface area contributed by atoms with Crippen LogP contribution in [0.2, 0.25) is 0 Å². The minimum atomic E-state index is -0.696. The van der Waals surface area contributed by atoms with Crippen molar-refractivity contribution in [1.29, 1.82) is 0 Å². The van der Waals surface area contributed by atoms with Crippen LogP contribution in [0.25, 0.3) is 6.08 Å². The minimum Gasteiger partial charge on any atom is -0.497 e. The Hall–Kier alpha value is -3.37. The predicted octanol–water partition coefficient (Wildman–Crippen LogP) is 3.59. The lowest BCUT2D eigenvalue weighted by Crippen LogP contribution is -2.39. The highest BCUT2D eigenvalue weighted by molar-refractivity contribution is 9.10. The molecule has 0 aliphatic carbocycles. The zero-order valence-electron chi connectivity index (χ0n) is 20.5. The number of aromatic nitrogens is 1. The molecule has 188 valence electrons. The predicted molar refractivity (Wildman–Crippen MR) is 141 cm³/mol. The number of carbonyl (C=O) groups is 1. The third kappa shape index (κ3) is 4.70. The SMILES string of the molecule is CCOC(=O)C1=C(C)N=c2s/c(=C\c3cc(Br)c(OC)cc3OC)c(=O)n2C1c1ccc(OC)cc1. The van der Waals surface area contributed by atoms with Crippen LogP contribution in [-0.4, -0.2) is 38.5 Å². The first-order chi connectivity index (χ1) is 17.3. The van der Waals surface area contributed by atoms with E-state index in [1.165, 1.54) is 11.3 Å². The summed E-state index contributed by atoms with van der Waals surface area (Å²) >= 11 is 4.73. The topological polar surface area (TPSA) is 88.4 Å². The van der Waals surface area contributed by atoms with E-state index in [1.807, 2.05) is 18.2 Å². The first kappa shape index (κ1) is 25.7. The van der Waals surface area contributed by atoms with Crippen LogP contribution < -0.4 is 29.1 Å². The number of rotatable bonds is 7. The fourth-order valence-electron chi connectivity index (χ4n) is 4.03. The molecule has 0 radical (unpaired) electrons. The van der Waals surface area contributed by atoms with Crippen molar-refractivity contribution < 1.29 is 23.7 Å². The van der Waals surface area contributed by atoms with Gasteiger partial charge in [0.1, 0.15) is 17.2 Å². The summed E-state index contributed by atoms with van der Waals surface area (Å²) in [4.78, 5) is 31.9. The van der Waals surface area contributed by atoms with Gasteiger partial charge in [-0.1, -0.05) is 23.5 Å². The molecule has 1 atom stereocenters. The molecule has 0 saturated heterocycles. The molecule has 0 amide bonds. The van der Waals surface area contributed by atoms with Gasteiger partial charge in [-0.05, 0) is 59.6 Å². The average Bonchev–Trinajstić information content (AvgIpc) is 3.17. The van der Waals surface area contributed by atoms with Crippen LogP contribution in [0.3, 0.4) is 0 Å². The summed E-state index contributed by atoms with van der Waals surface area (Å²) in [5.74, 6) is 1.33. The third-order valence-electron chi connectivity index (χ3n) is 5.74. The van der Waals surface area contributed by atoms with Crippen LogP contribution in [-0.2, 0) is 9.53 Å². The van der Waals surface area contributed by atoms with Gasteiger partial charge in [0.15, 0.2) is 4.80 Å². The Balaban J connectivity index is 1.95. The van der Waals surface area contributed by atoms with Crippen molar-refractivity contribution in [2.75, 3.05) is 27.9 Å². The number of halogens is 1. The Morgan fingerprint density at radius 3 is 2.42 bits per heavy atom. The third-order valence-corrected chi connectivity index (χ3v) is 7.34. The molecule has 2 aromatic carbocycles. The van der Waals surface area contributed by atoms with Gasteiger partial charge in [-0.25, -0.2) is 9.79 Å². The molecule has 0 saturated carbocycles. The maximum absolute atomic E-state index is 13.8. The van der Waals surface area contributed by atoms with Crippen molar-refractivity contribution in [2.45, 2.75) is 19.9 Å². The number of hydrogen-bond acceptors (Lipinski definition) is 8. The molecule has 2 heterocycles. The van der Waals surface area contributed by atoms with Gasteiger partial charge >= 0.3 is 5.97 Å². The van der Waals surface area contributed by atoms with E-state index < -0.39 is 12.0 Å². The Bertz CT molecular complexity index is 1520. The number of carbonyl (C=O) groups excluding carboxylic acids is 1. The number of allylic oxidation sites excluding steroid dienone is 1. The van der Waals surface area contributed by atoms with Crippen LogP contribution in [0.1, 0.15) is 31.0 Å². The minimum absolute atomic E-state index is 0.210. The van der Waals surface area contributed by atoms with Gasteiger partial charge in [0.25, 0.3) is 5.56 Å². The van der Waals surface area contributed by atoms with E-state index in [4.69, 9.17) is 18.9 Å². The lowest BCUT2D eigenvalue weighted by molar-refractivity contribution is -0.139. The van der Waals surface area contributed by atoms with Crippen molar-refractivity contribution in [1.82, 2.24) is 4.57 Å². The van der Waals surface area contributed by atoms with E-state index in [-0.39, 0.29) is 12.2 Å². The molecule has 1 unspecified atom stereocenters. The second-order valence-corrected chi connectivity index (χ2v) is 9.67.